The van der Waals surface area contributed by atoms with Crippen LogP contribution in [0.15, 0.2) is 0 Å². The van der Waals surface area contributed by atoms with Gasteiger partial charge in [-0.15, -0.1) is 0 Å². The zero-order valence-corrected chi connectivity index (χ0v) is 37.6. The molecule has 0 aromatic heterocycles. The van der Waals surface area contributed by atoms with Crippen LogP contribution >= 0.6 is 0 Å². The molecular formula is C45H88F8. The Morgan fingerprint density at radius 2 is 0.679 bits per heavy atom. The molecule has 0 unspecified atom stereocenters. The highest BCUT2D eigenvalue weighted by molar-refractivity contribution is 4.93. The van der Waals surface area contributed by atoms with E-state index in [0.29, 0.717) is 43.9 Å². The second kappa shape index (κ2) is 25.6. The van der Waals surface area contributed by atoms with Gasteiger partial charge in [-0.3, -0.25) is 0 Å². The maximum atomic E-state index is 14.4. The molecule has 53 heavy (non-hydrogen) atoms. The highest BCUT2D eigenvalue weighted by Gasteiger charge is 2.57. The maximum Gasteiger partial charge on any atom is 0.394 e. The van der Waals surface area contributed by atoms with Crippen molar-refractivity contribution in [3.05, 3.63) is 0 Å². The van der Waals surface area contributed by atoms with E-state index in [1.165, 1.54) is 20.3 Å². The minimum Gasteiger partial charge on any atom is -0.244 e. The predicted octanol–water partition coefficient (Wildman–Crippen LogP) is 18.3. The van der Waals surface area contributed by atoms with E-state index in [2.05, 4.69) is 55.4 Å². The molecule has 8 heteroatoms. The lowest BCUT2D eigenvalue weighted by Crippen LogP contribution is -2.47. The van der Waals surface area contributed by atoms with E-state index in [9.17, 15) is 35.1 Å². The van der Waals surface area contributed by atoms with E-state index >= 15 is 0 Å². The van der Waals surface area contributed by atoms with E-state index < -0.39 is 34.5 Å². The van der Waals surface area contributed by atoms with Crippen LogP contribution in [0.5, 0.6) is 0 Å². The first-order valence-corrected chi connectivity index (χ1v) is 21.5. The van der Waals surface area contributed by atoms with Crippen molar-refractivity contribution in [2.24, 2.45) is 39.9 Å². The molecule has 2 saturated carbocycles. The summed E-state index contributed by atoms with van der Waals surface area (Å²) in [5.74, 6) is -0.0652. The molecule has 0 heterocycles. The molecule has 2 rings (SSSR count). The molecule has 0 aliphatic heterocycles. The van der Waals surface area contributed by atoms with Gasteiger partial charge in [0.1, 0.15) is 11.3 Å². The lowest BCUT2D eigenvalue weighted by atomic mass is 9.63. The minimum atomic E-state index is -4.10. The van der Waals surface area contributed by atoms with Crippen molar-refractivity contribution in [3.63, 3.8) is 0 Å². The van der Waals surface area contributed by atoms with Gasteiger partial charge in [0, 0.05) is 0 Å². The van der Waals surface area contributed by atoms with Crippen molar-refractivity contribution in [3.8, 4) is 0 Å². The van der Waals surface area contributed by atoms with Gasteiger partial charge in [0.05, 0.1) is 10.8 Å². The van der Waals surface area contributed by atoms with E-state index in [1.807, 2.05) is 27.7 Å². The van der Waals surface area contributed by atoms with Gasteiger partial charge in [-0.1, -0.05) is 187 Å². The Morgan fingerprint density at radius 1 is 0.434 bits per heavy atom. The van der Waals surface area contributed by atoms with Crippen LogP contribution in [0, 0.1) is 39.9 Å². The summed E-state index contributed by atoms with van der Waals surface area (Å²) < 4.78 is 104. The molecular weight excluding hydrogens is 692 g/mol. The SMILES string of the molecule is CC(C)(C)C.CC1(C(F)(F)F)CCCCC1.CC1(F)CCCCC1.CCC(CC)C(C)(C(CC)CC)C(F)(F)F.CCC(CC)C(C)(F)C(CC)CC. The molecule has 0 aromatic rings. The second-order valence-corrected chi connectivity index (χ2v) is 18.6. The van der Waals surface area contributed by atoms with E-state index in [-0.39, 0.29) is 23.7 Å². The van der Waals surface area contributed by atoms with Gasteiger partial charge >= 0.3 is 12.4 Å². The third kappa shape index (κ3) is 21.0. The number of hydrogen-bond donors (Lipinski definition) is 0. The first kappa shape index (κ1) is 56.8. The normalized spacial score (nSPS) is 17.9. The van der Waals surface area contributed by atoms with Crippen molar-refractivity contribution >= 4 is 0 Å². The molecule has 0 spiro atoms. The zero-order chi connectivity index (χ0) is 42.5. The number of hydrogen-bond acceptors (Lipinski definition) is 0. The summed E-state index contributed by atoms with van der Waals surface area (Å²) in [4.78, 5) is 0. The predicted molar refractivity (Wildman–Crippen MR) is 215 cm³/mol. The largest absolute Gasteiger partial charge is 0.394 e. The monoisotopic (exact) mass is 781 g/mol. The molecule has 0 bridgehead atoms. The average molecular weight is 781 g/mol. The number of alkyl halides is 8. The Labute approximate surface area is 324 Å². The Kier molecular flexibility index (Phi) is 27.5. The number of halogens is 8. The Bertz CT molecular complexity index is 818. The van der Waals surface area contributed by atoms with Crippen LogP contribution in [0.1, 0.15) is 226 Å². The Hall–Kier alpha value is -0.560. The lowest BCUT2D eigenvalue weighted by Gasteiger charge is -2.44. The van der Waals surface area contributed by atoms with Crippen LogP contribution in [-0.4, -0.2) is 23.7 Å². The molecule has 0 nitrogen and oxygen atoms in total. The topological polar surface area (TPSA) is 0 Å². The summed E-state index contributed by atoms with van der Waals surface area (Å²) in [7, 11) is 0. The fraction of sp³-hybridized carbons (Fsp3) is 1.00. The van der Waals surface area contributed by atoms with Gasteiger partial charge < -0.3 is 0 Å². The van der Waals surface area contributed by atoms with E-state index in [1.54, 1.807) is 13.8 Å². The van der Waals surface area contributed by atoms with Crippen LogP contribution in [0.4, 0.5) is 35.1 Å². The highest BCUT2D eigenvalue weighted by atomic mass is 19.4. The molecule has 0 saturated heterocycles. The Balaban J connectivity index is -0.000000614. The van der Waals surface area contributed by atoms with Gasteiger partial charge in [-0.2, -0.15) is 26.3 Å². The van der Waals surface area contributed by atoms with Crippen LogP contribution in [0.25, 0.3) is 0 Å². The van der Waals surface area contributed by atoms with Gasteiger partial charge in [0.15, 0.2) is 0 Å². The number of rotatable bonds is 12. The molecule has 0 N–H and O–H groups in total. The van der Waals surface area contributed by atoms with Crippen LogP contribution < -0.4 is 0 Å². The fourth-order valence-corrected chi connectivity index (χ4v) is 8.48. The standard InChI is InChI=1S/C13H25F3.C12H25F.C8H13F3.C7H13F.C5H12/c1-6-10(7-2)12(5,13(14,15)16)11(8-3)9-4;1-6-10(7-2)12(5,13)11(8-3)9-4;1-7(8(9,10)11)5-3-2-4-6-7;1-7(8)5-3-2-4-6-7;1-5(2,3)4/h10-11H,6-9H2,1-5H3;10-11H,6-9H2,1-5H3;2-6H2,1H3;2-6H2,1H3;1-4H3. The minimum absolute atomic E-state index is 0.234. The van der Waals surface area contributed by atoms with Crippen molar-refractivity contribution in [2.45, 2.75) is 250 Å². The lowest BCUT2D eigenvalue weighted by molar-refractivity contribution is -0.258. The van der Waals surface area contributed by atoms with Crippen LogP contribution in [0.3, 0.4) is 0 Å². The molecule has 2 fully saturated rings. The third-order valence-corrected chi connectivity index (χ3v) is 12.4. The van der Waals surface area contributed by atoms with Crippen LogP contribution in [0.2, 0.25) is 0 Å². The van der Waals surface area contributed by atoms with Gasteiger partial charge in [0.2, 0.25) is 0 Å². The first-order valence-electron chi connectivity index (χ1n) is 21.5. The molecule has 2 aliphatic rings. The first-order chi connectivity index (χ1) is 24.0. The molecule has 0 atom stereocenters. The second-order valence-electron chi connectivity index (χ2n) is 18.6. The van der Waals surface area contributed by atoms with Crippen molar-refractivity contribution in [1.82, 2.24) is 0 Å². The summed E-state index contributed by atoms with van der Waals surface area (Å²) in [5.41, 5.74) is -4.20. The summed E-state index contributed by atoms with van der Waals surface area (Å²) in [5, 5.41) is 0. The molecule has 0 radical (unpaired) electrons. The van der Waals surface area contributed by atoms with Gasteiger partial charge in [0.25, 0.3) is 0 Å². The molecule has 324 valence electrons. The Morgan fingerprint density at radius 3 is 0.830 bits per heavy atom. The van der Waals surface area contributed by atoms with Crippen LogP contribution in [-0.2, 0) is 0 Å². The zero-order valence-electron chi connectivity index (χ0n) is 37.6. The summed E-state index contributed by atoms with van der Waals surface area (Å²) in [6.45, 7) is 30.8. The van der Waals surface area contributed by atoms with Crippen molar-refractivity contribution < 1.29 is 35.1 Å². The van der Waals surface area contributed by atoms with Crippen molar-refractivity contribution in [1.29, 1.82) is 0 Å². The average Bonchev–Trinajstić information content (AvgIpc) is 3.02. The highest BCUT2D eigenvalue weighted by Crippen LogP contribution is 2.53. The van der Waals surface area contributed by atoms with Gasteiger partial charge in [-0.05, 0) is 68.6 Å². The smallest absolute Gasteiger partial charge is 0.244 e. The summed E-state index contributed by atoms with van der Waals surface area (Å²) in [6, 6.07) is 0. The fourth-order valence-electron chi connectivity index (χ4n) is 8.48. The quantitative estimate of drug-likeness (QED) is 0.173. The molecule has 0 aromatic carbocycles. The summed E-state index contributed by atoms with van der Waals surface area (Å²) >= 11 is 0. The molecule has 2 aliphatic carbocycles. The van der Waals surface area contributed by atoms with Crippen molar-refractivity contribution in [2.75, 3.05) is 0 Å². The maximum absolute atomic E-state index is 14.4. The summed E-state index contributed by atoms with van der Waals surface area (Å²) in [6.07, 6.45) is 6.19. The molecule has 0 amide bonds. The van der Waals surface area contributed by atoms with E-state index in [0.717, 1.165) is 70.6 Å². The van der Waals surface area contributed by atoms with E-state index in [4.69, 9.17) is 0 Å². The van der Waals surface area contributed by atoms with Gasteiger partial charge in [-0.25, -0.2) is 8.78 Å². The third-order valence-electron chi connectivity index (χ3n) is 12.4.